The van der Waals surface area contributed by atoms with Gasteiger partial charge in [-0.3, -0.25) is 9.80 Å². The summed E-state index contributed by atoms with van der Waals surface area (Å²) in [5.74, 6) is 0.245. The van der Waals surface area contributed by atoms with Crippen LogP contribution < -0.4 is 15.8 Å². The van der Waals surface area contributed by atoms with Crippen molar-refractivity contribution >= 4 is 11.6 Å². The van der Waals surface area contributed by atoms with E-state index < -0.39 is 0 Å². The molecule has 186 valence electrons. The third-order valence-corrected chi connectivity index (χ3v) is 7.58. The molecule has 1 unspecified atom stereocenters. The molecule has 2 aromatic carbocycles. The normalized spacial score (nSPS) is 21.0. The van der Waals surface area contributed by atoms with Crippen molar-refractivity contribution in [3.8, 4) is 0 Å². The van der Waals surface area contributed by atoms with Crippen molar-refractivity contribution in [3.05, 3.63) is 125 Å². The minimum Gasteiger partial charge on any atom is -0.342 e. The lowest BCUT2D eigenvalue weighted by Crippen LogP contribution is -2.32. The van der Waals surface area contributed by atoms with Crippen LogP contribution in [0, 0.1) is 17.7 Å². The minimum atomic E-state index is -0.266. The maximum absolute atomic E-state index is 13.5. The van der Waals surface area contributed by atoms with Gasteiger partial charge < -0.3 is 10.7 Å². The number of fused-ring (bicyclic) bond motifs is 1. The Morgan fingerprint density at radius 2 is 1.86 bits per heavy atom. The third-order valence-electron chi connectivity index (χ3n) is 7.58. The van der Waals surface area contributed by atoms with Gasteiger partial charge >= 0.3 is 0 Å². The van der Waals surface area contributed by atoms with Crippen LogP contribution in [0.25, 0.3) is 0 Å². The van der Waals surface area contributed by atoms with Crippen LogP contribution in [0.4, 0.5) is 10.1 Å². The standard InChI is InChI=1S/C30H28FN5O/c1-19-25-18-34-36(24-12-10-23(31)11-13-24)27(25)17-22-9-8-21(28(19)22)16-26(20-6-3-2-4-7-20)35-30(37)29-32-14-5-15-33-29/h2-7,10-15,17-19,21,26,34H,8-9,16H2,1H3,(H,35,37)/t19-,21+,26?/m0/s1. The van der Waals surface area contributed by atoms with Gasteiger partial charge in [0.1, 0.15) is 5.82 Å². The fourth-order valence-corrected chi connectivity index (χ4v) is 5.85. The summed E-state index contributed by atoms with van der Waals surface area (Å²) < 4.78 is 13.5. The Kier molecular flexibility index (Phi) is 6.04. The van der Waals surface area contributed by atoms with E-state index in [1.165, 1.54) is 28.9 Å². The van der Waals surface area contributed by atoms with Gasteiger partial charge in [0.2, 0.25) is 5.82 Å². The Balaban J connectivity index is 1.27. The zero-order chi connectivity index (χ0) is 25.4. The molecule has 37 heavy (non-hydrogen) atoms. The summed E-state index contributed by atoms with van der Waals surface area (Å²) in [4.78, 5) is 21.2. The largest absolute Gasteiger partial charge is 0.342 e. The summed E-state index contributed by atoms with van der Waals surface area (Å²) in [5, 5.41) is 5.22. The number of carbonyl (C=O) groups excluding carboxylic acids is 1. The van der Waals surface area contributed by atoms with Gasteiger partial charge in [0.05, 0.1) is 17.4 Å². The van der Waals surface area contributed by atoms with Gasteiger partial charge in [-0.2, -0.15) is 0 Å². The number of aromatic nitrogens is 2. The molecule has 0 radical (unpaired) electrons. The van der Waals surface area contributed by atoms with Crippen molar-refractivity contribution in [2.75, 3.05) is 5.01 Å². The van der Waals surface area contributed by atoms with E-state index in [1.807, 2.05) is 23.2 Å². The van der Waals surface area contributed by atoms with E-state index >= 15 is 0 Å². The molecule has 2 heterocycles. The van der Waals surface area contributed by atoms with E-state index in [-0.39, 0.29) is 29.5 Å². The average molecular weight is 494 g/mol. The van der Waals surface area contributed by atoms with E-state index in [1.54, 1.807) is 30.6 Å². The van der Waals surface area contributed by atoms with Gasteiger partial charge in [0, 0.05) is 30.1 Å². The molecule has 6 rings (SSSR count). The first-order valence-electron chi connectivity index (χ1n) is 12.7. The molecular formula is C30H28FN5O. The molecule has 1 amide bonds. The van der Waals surface area contributed by atoms with Crippen LogP contribution in [0.5, 0.6) is 0 Å². The first kappa shape index (κ1) is 23.2. The van der Waals surface area contributed by atoms with Gasteiger partial charge in [-0.25, -0.2) is 14.4 Å². The smallest absolute Gasteiger partial charge is 0.289 e. The molecule has 3 aromatic rings. The predicted octanol–water partition coefficient (Wildman–Crippen LogP) is 5.63. The second-order valence-corrected chi connectivity index (χ2v) is 9.75. The average Bonchev–Trinajstić information content (AvgIpc) is 3.55. The SMILES string of the molecule is C[C@H]1C2=CNN(c3ccc(F)cc3)C2=CC2=C1[C@@H](CC(NC(=O)c1ncccn1)c1ccccc1)CC2. The molecule has 0 spiro atoms. The summed E-state index contributed by atoms with van der Waals surface area (Å²) in [5.41, 5.74) is 10.5. The summed E-state index contributed by atoms with van der Waals surface area (Å²) in [7, 11) is 0. The molecule has 3 aliphatic rings. The number of allylic oxidation sites excluding steroid dienone is 4. The fourth-order valence-electron chi connectivity index (χ4n) is 5.85. The van der Waals surface area contributed by atoms with Gasteiger partial charge in [0.15, 0.2) is 0 Å². The molecule has 0 saturated heterocycles. The Hall–Kier alpha value is -4.26. The highest BCUT2D eigenvalue weighted by Crippen LogP contribution is 2.49. The van der Waals surface area contributed by atoms with Crippen LogP contribution in [0.2, 0.25) is 0 Å². The highest BCUT2D eigenvalue weighted by molar-refractivity contribution is 5.90. The zero-order valence-electron chi connectivity index (χ0n) is 20.6. The number of hydrogen-bond acceptors (Lipinski definition) is 5. The zero-order valence-corrected chi connectivity index (χ0v) is 20.6. The van der Waals surface area contributed by atoms with Crippen LogP contribution in [0.15, 0.2) is 108 Å². The molecule has 6 nitrogen and oxygen atoms in total. The predicted molar refractivity (Wildman–Crippen MR) is 140 cm³/mol. The maximum atomic E-state index is 13.5. The van der Waals surface area contributed by atoms with Crippen LogP contribution in [0.3, 0.4) is 0 Å². The monoisotopic (exact) mass is 493 g/mol. The highest BCUT2D eigenvalue weighted by Gasteiger charge is 2.39. The number of rotatable bonds is 6. The number of anilines is 1. The van der Waals surface area contributed by atoms with Crippen molar-refractivity contribution < 1.29 is 9.18 Å². The number of halogens is 1. The van der Waals surface area contributed by atoms with Crippen molar-refractivity contribution in [1.29, 1.82) is 0 Å². The molecule has 3 atom stereocenters. The van der Waals surface area contributed by atoms with E-state index in [0.717, 1.165) is 36.2 Å². The summed E-state index contributed by atoms with van der Waals surface area (Å²) >= 11 is 0. The van der Waals surface area contributed by atoms with Gasteiger partial charge in [-0.05, 0) is 72.7 Å². The van der Waals surface area contributed by atoms with E-state index in [0.29, 0.717) is 5.92 Å². The number of hydrazine groups is 1. The Bertz CT molecular complexity index is 1400. The van der Waals surface area contributed by atoms with Crippen LogP contribution in [-0.4, -0.2) is 15.9 Å². The van der Waals surface area contributed by atoms with E-state index in [9.17, 15) is 9.18 Å². The molecule has 0 saturated carbocycles. The van der Waals surface area contributed by atoms with Crippen molar-refractivity contribution in [2.24, 2.45) is 11.8 Å². The van der Waals surface area contributed by atoms with Crippen molar-refractivity contribution in [3.63, 3.8) is 0 Å². The molecule has 7 heteroatoms. The molecule has 2 aliphatic carbocycles. The molecule has 2 N–H and O–H groups in total. The summed E-state index contributed by atoms with van der Waals surface area (Å²) in [6.45, 7) is 2.26. The lowest BCUT2D eigenvalue weighted by atomic mass is 9.78. The highest BCUT2D eigenvalue weighted by atomic mass is 19.1. The van der Waals surface area contributed by atoms with E-state index in [2.05, 4.69) is 52.0 Å². The Labute approximate surface area is 215 Å². The van der Waals surface area contributed by atoms with Crippen molar-refractivity contribution in [1.82, 2.24) is 20.7 Å². The lowest BCUT2D eigenvalue weighted by Gasteiger charge is -2.31. The number of amides is 1. The molecule has 0 fully saturated rings. The second-order valence-electron chi connectivity index (χ2n) is 9.75. The first-order valence-corrected chi connectivity index (χ1v) is 12.7. The molecular weight excluding hydrogens is 465 g/mol. The molecule has 1 aliphatic heterocycles. The second kappa shape index (κ2) is 9.65. The quantitative estimate of drug-likeness (QED) is 0.466. The van der Waals surface area contributed by atoms with Gasteiger partial charge in [-0.15, -0.1) is 0 Å². The van der Waals surface area contributed by atoms with Gasteiger partial charge in [-0.1, -0.05) is 42.8 Å². The Morgan fingerprint density at radius 1 is 1.11 bits per heavy atom. The number of nitrogens with one attached hydrogen (secondary N) is 2. The van der Waals surface area contributed by atoms with Crippen LogP contribution in [0.1, 0.15) is 48.4 Å². The molecule has 1 aromatic heterocycles. The summed E-state index contributed by atoms with van der Waals surface area (Å²) in [6.07, 6.45) is 10.3. The molecule has 0 bridgehead atoms. The third kappa shape index (κ3) is 4.42. The van der Waals surface area contributed by atoms with Crippen LogP contribution >= 0.6 is 0 Å². The number of nitrogens with zero attached hydrogens (tertiary/aromatic N) is 3. The number of hydrogen-bond donors (Lipinski definition) is 2. The Morgan fingerprint density at radius 3 is 2.62 bits per heavy atom. The van der Waals surface area contributed by atoms with Crippen LogP contribution in [-0.2, 0) is 0 Å². The maximum Gasteiger partial charge on any atom is 0.289 e. The number of benzene rings is 2. The van der Waals surface area contributed by atoms with Gasteiger partial charge in [0.25, 0.3) is 5.91 Å². The topological polar surface area (TPSA) is 70.2 Å². The van der Waals surface area contributed by atoms with Crippen molar-refractivity contribution in [2.45, 2.75) is 32.2 Å². The number of carbonyl (C=O) groups is 1. The first-order chi connectivity index (χ1) is 18.1. The van der Waals surface area contributed by atoms with E-state index in [4.69, 9.17) is 0 Å². The lowest BCUT2D eigenvalue weighted by molar-refractivity contribution is 0.0921. The fraction of sp³-hybridized carbons (Fsp3) is 0.233. The minimum absolute atomic E-state index is 0.154. The summed E-state index contributed by atoms with van der Waals surface area (Å²) in [6, 6.07) is 18.2.